The van der Waals surface area contributed by atoms with Crippen molar-refractivity contribution < 1.29 is 24.2 Å². The molecule has 0 aliphatic rings. The molecule has 0 aliphatic carbocycles. The summed E-state index contributed by atoms with van der Waals surface area (Å²) >= 11 is 0. The van der Waals surface area contributed by atoms with Gasteiger partial charge in [-0.15, -0.1) is 0 Å². The summed E-state index contributed by atoms with van der Waals surface area (Å²) in [5.74, 6) is -0.233. The van der Waals surface area contributed by atoms with E-state index in [1.54, 1.807) is 36.4 Å². The number of carbonyl (C=O) groups is 1. The Morgan fingerprint density at radius 1 is 1.08 bits per heavy atom. The maximum Gasteiger partial charge on any atom is 0.251 e. The minimum absolute atomic E-state index is 0. The van der Waals surface area contributed by atoms with Crippen LogP contribution in [0.4, 0.5) is 5.69 Å². The average Bonchev–Trinajstić information content (AvgIpc) is 2.54. The number of hydrogen-bond acceptors (Lipinski definition) is 4. The average molecular weight is 353 g/mol. The molecule has 0 saturated heterocycles. The van der Waals surface area contributed by atoms with Crippen molar-refractivity contribution in [2.24, 2.45) is 5.14 Å². The Labute approximate surface area is 139 Å². The zero-order valence-electron chi connectivity index (χ0n) is 12.7. The van der Waals surface area contributed by atoms with Crippen LogP contribution in [0.1, 0.15) is 15.9 Å². The molecule has 0 saturated carbocycles. The van der Waals surface area contributed by atoms with Crippen LogP contribution in [0.2, 0.25) is 0 Å². The summed E-state index contributed by atoms with van der Waals surface area (Å²) in [5.41, 5.74) is 2.58. The van der Waals surface area contributed by atoms with Crippen molar-refractivity contribution in [3.63, 3.8) is 0 Å². The van der Waals surface area contributed by atoms with Gasteiger partial charge in [0.05, 0.1) is 4.90 Å². The normalized spacial score (nSPS) is 10.8. The van der Waals surface area contributed by atoms with Gasteiger partial charge in [0.25, 0.3) is 5.91 Å². The number of sulfonamides is 1. The van der Waals surface area contributed by atoms with Gasteiger partial charge >= 0.3 is 0 Å². The van der Waals surface area contributed by atoms with Crippen LogP contribution in [0.3, 0.4) is 0 Å². The van der Waals surface area contributed by atoms with Crippen molar-refractivity contribution >= 4 is 21.6 Å². The van der Waals surface area contributed by atoms with Gasteiger partial charge in [0.2, 0.25) is 10.0 Å². The summed E-state index contributed by atoms with van der Waals surface area (Å²) in [5, 5.41) is 18.3. The Bertz CT molecular complexity index is 774. The maximum atomic E-state index is 11.9. The maximum absolute atomic E-state index is 11.9. The monoisotopic (exact) mass is 353 g/mol. The van der Waals surface area contributed by atoms with E-state index in [0.717, 1.165) is 5.56 Å². The van der Waals surface area contributed by atoms with Gasteiger partial charge in [-0.25, -0.2) is 13.6 Å². The molecular weight excluding hydrogens is 334 g/mol. The lowest BCUT2D eigenvalue weighted by atomic mass is 10.1. The van der Waals surface area contributed by atoms with Crippen LogP contribution in [0, 0.1) is 5.21 Å². The minimum atomic E-state index is -3.69. The number of amides is 1. The number of primary sulfonamides is 1. The third-order valence-electron chi connectivity index (χ3n) is 3.26. The van der Waals surface area contributed by atoms with E-state index in [2.05, 4.69) is 5.32 Å². The molecule has 0 unspecified atom stereocenters. The Hall–Kier alpha value is -2.30. The molecule has 2 aromatic rings. The van der Waals surface area contributed by atoms with Crippen molar-refractivity contribution in [3.8, 4) is 0 Å². The van der Waals surface area contributed by atoms with Gasteiger partial charge < -0.3 is 21.5 Å². The zero-order valence-corrected chi connectivity index (χ0v) is 13.5. The van der Waals surface area contributed by atoms with Crippen LogP contribution in [0.25, 0.3) is 0 Å². The molecule has 0 aromatic heterocycles. The molecule has 2 rings (SSSR count). The lowest BCUT2D eigenvalue weighted by Crippen LogP contribution is -2.70. The van der Waals surface area contributed by atoms with Gasteiger partial charge in [-0.1, -0.05) is 12.1 Å². The van der Waals surface area contributed by atoms with E-state index in [1.807, 2.05) is 0 Å². The molecule has 1 amide bonds. The first-order valence-corrected chi connectivity index (χ1v) is 8.40. The van der Waals surface area contributed by atoms with Gasteiger partial charge in [0.15, 0.2) is 0 Å². The highest BCUT2D eigenvalue weighted by Gasteiger charge is 2.08. The molecule has 0 atom stereocenters. The summed E-state index contributed by atoms with van der Waals surface area (Å²) < 4.78 is 22.3. The lowest BCUT2D eigenvalue weighted by molar-refractivity contribution is -0.497. The first kappa shape index (κ1) is 19.7. The number of rotatable bonds is 6. The number of hydrogen-bond donors (Lipinski definition) is 3. The molecule has 7 N–H and O–H groups in total. The number of benzene rings is 2. The highest BCUT2D eigenvalue weighted by atomic mass is 32.2. The highest BCUT2D eigenvalue weighted by molar-refractivity contribution is 7.89. The topological polar surface area (TPSA) is 160 Å². The van der Waals surface area contributed by atoms with Crippen LogP contribution in [-0.2, 0) is 16.4 Å². The summed E-state index contributed by atoms with van der Waals surface area (Å²) in [7, 11) is -3.69. The van der Waals surface area contributed by atoms with E-state index in [9.17, 15) is 18.4 Å². The van der Waals surface area contributed by atoms with E-state index in [4.69, 9.17) is 5.14 Å². The van der Waals surface area contributed by atoms with Gasteiger partial charge in [-0.2, -0.15) is 0 Å². The predicted octanol–water partition coefficient (Wildman–Crippen LogP) is -0.825. The SMILES string of the molecule is NS(=O)(=O)c1ccc(CCNC(=O)c2ccc([NH2+][O-])cc2)cc1.O. The summed E-state index contributed by atoms with van der Waals surface area (Å²) in [6.45, 7) is 0.406. The van der Waals surface area contributed by atoms with E-state index in [1.165, 1.54) is 12.1 Å². The van der Waals surface area contributed by atoms with Crippen molar-refractivity contribution in [1.29, 1.82) is 0 Å². The fourth-order valence-electron chi connectivity index (χ4n) is 1.98. The summed E-state index contributed by atoms with van der Waals surface area (Å²) in [6, 6.07) is 12.5. The Morgan fingerprint density at radius 3 is 2.17 bits per heavy atom. The Morgan fingerprint density at radius 2 is 1.67 bits per heavy atom. The van der Waals surface area contributed by atoms with Crippen LogP contribution >= 0.6 is 0 Å². The number of nitrogens with one attached hydrogen (secondary N) is 1. The van der Waals surface area contributed by atoms with Crippen molar-refractivity contribution in [2.45, 2.75) is 11.3 Å². The van der Waals surface area contributed by atoms with Gasteiger partial charge in [-0.05, 0) is 36.2 Å². The van der Waals surface area contributed by atoms with Crippen molar-refractivity contribution in [1.82, 2.24) is 5.32 Å². The van der Waals surface area contributed by atoms with Crippen LogP contribution in [-0.4, -0.2) is 26.3 Å². The molecule has 0 aliphatic heterocycles. The van der Waals surface area contributed by atoms with Gasteiger partial charge in [0, 0.05) is 24.2 Å². The highest BCUT2D eigenvalue weighted by Crippen LogP contribution is 2.09. The fourth-order valence-corrected chi connectivity index (χ4v) is 2.50. The van der Waals surface area contributed by atoms with Crippen LogP contribution in [0.15, 0.2) is 53.4 Å². The van der Waals surface area contributed by atoms with Gasteiger partial charge in [0.1, 0.15) is 5.69 Å². The first-order chi connectivity index (χ1) is 10.9. The molecule has 0 spiro atoms. The molecule has 0 radical (unpaired) electrons. The molecule has 2 aromatic carbocycles. The number of quaternary nitrogens is 1. The quantitative estimate of drug-likeness (QED) is 0.457. The van der Waals surface area contributed by atoms with E-state index >= 15 is 0 Å². The van der Waals surface area contributed by atoms with E-state index < -0.39 is 10.0 Å². The molecule has 0 fully saturated rings. The summed E-state index contributed by atoms with van der Waals surface area (Å²) in [6.07, 6.45) is 0.559. The molecule has 8 nitrogen and oxygen atoms in total. The van der Waals surface area contributed by atoms with E-state index in [-0.39, 0.29) is 16.3 Å². The fraction of sp³-hybridized carbons (Fsp3) is 0.133. The second kappa shape index (κ2) is 8.52. The molecule has 24 heavy (non-hydrogen) atoms. The summed E-state index contributed by atoms with van der Waals surface area (Å²) in [4.78, 5) is 12.0. The molecule has 0 heterocycles. The third-order valence-corrected chi connectivity index (χ3v) is 4.19. The number of carbonyl (C=O) groups excluding carboxylic acids is 1. The zero-order chi connectivity index (χ0) is 16.9. The molecule has 0 bridgehead atoms. The first-order valence-electron chi connectivity index (χ1n) is 6.85. The second-order valence-corrected chi connectivity index (χ2v) is 6.50. The molecule has 130 valence electrons. The third kappa shape index (κ3) is 5.41. The van der Waals surface area contributed by atoms with Crippen molar-refractivity contribution in [3.05, 3.63) is 64.9 Å². The Kier molecular flexibility index (Phi) is 7.01. The van der Waals surface area contributed by atoms with Gasteiger partial charge in [-0.3, -0.25) is 4.79 Å². The lowest BCUT2D eigenvalue weighted by Gasteiger charge is -2.07. The van der Waals surface area contributed by atoms with Crippen LogP contribution < -0.4 is 15.9 Å². The Balaban J connectivity index is 0.00000288. The smallest absolute Gasteiger partial charge is 0.251 e. The predicted molar refractivity (Wildman–Crippen MR) is 88.9 cm³/mol. The molecule has 9 heteroatoms. The van der Waals surface area contributed by atoms with Crippen molar-refractivity contribution in [2.75, 3.05) is 6.54 Å². The largest absolute Gasteiger partial charge is 0.630 e. The van der Waals surface area contributed by atoms with E-state index in [0.29, 0.717) is 29.7 Å². The minimum Gasteiger partial charge on any atom is -0.630 e. The standard InChI is InChI=1S/C15H17N3O4S.H2O/c16-23(21,22)14-7-1-11(2-8-14)9-10-17-15(19)12-3-5-13(18-20)6-4-12;/h1-8H,9-10,18H2,(H,17,19)(H2,16,21,22);1H2. The second-order valence-electron chi connectivity index (χ2n) is 4.93. The molecular formula is C15H19N3O5S. The number of nitrogens with two attached hydrogens (primary N) is 2. The van der Waals surface area contributed by atoms with Crippen LogP contribution in [0.5, 0.6) is 0 Å².